The van der Waals surface area contributed by atoms with Crippen molar-refractivity contribution in [1.82, 2.24) is 9.97 Å². The average Bonchev–Trinajstić information content (AvgIpc) is 2.62. The monoisotopic (exact) mass is 205 g/mol. The molecule has 0 N–H and O–H groups in total. The predicted molar refractivity (Wildman–Crippen MR) is 57.9 cm³/mol. The summed E-state index contributed by atoms with van der Waals surface area (Å²) in [6.45, 7) is 4.68. The van der Waals surface area contributed by atoms with E-state index >= 15 is 0 Å². The third-order valence-corrected chi connectivity index (χ3v) is 2.28. The number of aryl methyl sites for hydroxylation is 2. The Hall–Kier alpha value is -1.45. The molecule has 1 aromatic heterocycles. The molecule has 0 bridgehead atoms. The zero-order valence-corrected chi connectivity index (χ0v) is 9.10. The molecule has 1 aromatic rings. The first-order valence-corrected chi connectivity index (χ1v) is 5.22. The van der Waals surface area contributed by atoms with Gasteiger partial charge in [-0.2, -0.15) is 0 Å². The normalized spacial score (nSPS) is 19.9. The summed E-state index contributed by atoms with van der Waals surface area (Å²) in [7, 11) is 0. The van der Waals surface area contributed by atoms with Gasteiger partial charge < -0.3 is 4.74 Å². The molecule has 4 heteroatoms. The lowest BCUT2D eigenvalue weighted by molar-refractivity contribution is 0.315. The third-order valence-electron chi connectivity index (χ3n) is 2.28. The van der Waals surface area contributed by atoms with Crippen LogP contribution in [-0.2, 0) is 11.2 Å². The van der Waals surface area contributed by atoms with Gasteiger partial charge in [-0.25, -0.2) is 15.0 Å². The van der Waals surface area contributed by atoms with Gasteiger partial charge in [0.05, 0.1) is 6.04 Å². The molecule has 0 amide bonds. The van der Waals surface area contributed by atoms with Crippen LogP contribution in [0, 0.1) is 6.92 Å². The van der Waals surface area contributed by atoms with Crippen molar-refractivity contribution in [3.63, 3.8) is 0 Å². The summed E-state index contributed by atoms with van der Waals surface area (Å²) in [6.07, 6.45) is 3.49. The molecule has 2 rings (SSSR count). The molecule has 2 heterocycles. The highest BCUT2D eigenvalue weighted by molar-refractivity contribution is 5.77. The summed E-state index contributed by atoms with van der Waals surface area (Å²) in [6, 6.07) is 2.25. The number of aliphatic imine (C=N–C) groups is 1. The average molecular weight is 205 g/mol. The molecule has 0 radical (unpaired) electrons. The highest BCUT2D eigenvalue weighted by atomic mass is 16.5. The van der Waals surface area contributed by atoms with Crippen molar-refractivity contribution in [3.8, 4) is 0 Å². The second kappa shape index (κ2) is 4.38. The minimum Gasteiger partial charge on any atom is -0.479 e. The van der Waals surface area contributed by atoms with Crippen LogP contribution in [0.5, 0.6) is 0 Å². The molecule has 0 aromatic carbocycles. The number of ether oxygens (including phenoxy) is 1. The molecular weight excluding hydrogens is 190 g/mol. The second-order valence-electron chi connectivity index (χ2n) is 3.78. The number of nitrogens with zero attached hydrogens (tertiary/aromatic N) is 3. The van der Waals surface area contributed by atoms with Crippen LogP contribution in [0.1, 0.15) is 24.9 Å². The molecule has 0 saturated carbocycles. The van der Waals surface area contributed by atoms with Gasteiger partial charge in [0, 0.05) is 18.3 Å². The van der Waals surface area contributed by atoms with Gasteiger partial charge in [0.25, 0.3) is 0 Å². The van der Waals surface area contributed by atoms with E-state index in [1.807, 2.05) is 13.0 Å². The lowest BCUT2D eigenvalue weighted by atomic mass is 10.2. The fourth-order valence-electron chi connectivity index (χ4n) is 1.55. The summed E-state index contributed by atoms with van der Waals surface area (Å²) in [5.41, 5.74) is 1.05. The van der Waals surface area contributed by atoms with Crippen molar-refractivity contribution in [2.24, 2.45) is 4.99 Å². The molecular formula is C11H15N3O. The van der Waals surface area contributed by atoms with Crippen LogP contribution < -0.4 is 0 Å². The maximum Gasteiger partial charge on any atom is 0.184 e. The van der Waals surface area contributed by atoms with Crippen molar-refractivity contribution in [2.75, 3.05) is 6.61 Å². The largest absolute Gasteiger partial charge is 0.479 e. The van der Waals surface area contributed by atoms with E-state index in [1.165, 1.54) is 0 Å². The molecule has 0 aliphatic carbocycles. The summed E-state index contributed by atoms with van der Waals surface area (Å²) in [5.74, 6) is 1.67. The van der Waals surface area contributed by atoms with Crippen LogP contribution in [0.3, 0.4) is 0 Å². The highest BCUT2D eigenvalue weighted by Crippen LogP contribution is 2.08. The van der Waals surface area contributed by atoms with E-state index in [1.54, 1.807) is 6.20 Å². The van der Waals surface area contributed by atoms with E-state index < -0.39 is 0 Å². The van der Waals surface area contributed by atoms with Crippen molar-refractivity contribution in [1.29, 1.82) is 0 Å². The fraction of sp³-hybridized carbons (Fsp3) is 0.545. The first kappa shape index (κ1) is 10.1. The Kier molecular flexibility index (Phi) is 2.94. The molecule has 1 atom stereocenters. The van der Waals surface area contributed by atoms with Crippen LogP contribution in [0.4, 0.5) is 0 Å². The van der Waals surface area contributed by atoms with Crippen LogP contribution in [0.2, 0.25) is 0 Å². The lowest BCUT2D eigenvalue weighted by Gasteiger charge is -2.01. The van der Waals surface area contributed by atoms with E-state index in [9.17, 15) is 0 Å². The van der Waals surface area contributed by atoms with E-state index in [-0.39, 0.29) is 0 Å². The second-order valence-corrected chi connectivity index (χ2v) is 3.78. The van der Waals surface area contributed by atoms with Gasteiger partial charge in [-0.1, -0.05) is 0 Å². The summed E-state index contributed by atoms with van der Waals surface area (Å²) >= 11 is 0. The Morgan fingerprint density at radius 1 is 1.47 bits per heavy atom. The summed E-state index contributed by atoms with van der Waals surface area (Å²) in [5, 5.41) is 0. The molecule has 15 heavy (non-hydrogen) atoms. The van der Waals surface area contributed by atoms with E-state index in [0.717, 1.165) is 36.9 Å². The minimum atomic E-state index is 0.312. The van der Waals surface area contributed by atoms with Crippen LogP contribution >= 0.6 is 0 Å². The van der Waals surface area contributed by atoms with Crippen molar-refractivity contribution < 1.29 is 4.74 Å². The van der Waals surface area contributed by atoms with Gasteiger partial charge >= 0.3 is 0 Å². The quantitative estimate of drug-likeness (QED) is 0.752. The number of hydrogen-bond acceptors (Lipinski definition) is 4. The topological polar surface area (TPSA) is 47.4 Å². The number of hydrogen-bond donors (Lipinski definition) is 0. The minimum absolute atomic E-state index is 0.312. The zero-order valence-electron chi connectivity index (χ0n) is 9.10. The summed E-state index contributed by atoms with van der Waals surface area (Å²) in [4.78, 5) is 12.8. The lowest BCUT2D eigenvalue weighted by Crippen LogP contribution is -2.03. The molecule has 0 saturated heterocycles. The maximum absolute atomic E-state index is 5.42. The van der Waals surface area contributed by atoms with Crippen molar-refractivity contribution in [3.05, 3.63) is 23.8 Å². The smallest absolute Gasteiger partial charge is 0.184 e. The molecule has 1 unspecified atom stereocenters. The van der Waals surface area contributed by atoms with Gasteiger partial charge in [-0.05, 0) is 26.3 Å². The Bertz CT molecular complexity index is 376. The SMILES string of the molecule is Cc1nccc(CCC2=NC(C)CO2)n1. The number of rotatable bonds is 3. The van der Waals surface area contributed by atoms with Crippen LogP contribution in [0.15, 0.2) is 17.3 Å². The number of aromatic nitrogens is 2. The fourth-order valence-corrected chi connectivity index (χ4v) is 1.55. The van der Waals surface area contributed by atoms with E-state index in [4.69, 9.17) is 4.74 Å². The van der Waals surface area contributed by atoms with E-state index in [2.05, 4.69) is 21.9 Å². The Labute approximate surface area is 89.4 Å². The predicted octanol–water partition coefficient (Wildman–Crippen LogP) is 1.53. The van der Waals surface area contributed by atoms with Gasteiger partial charge in [0.15, 0.2) is 5.90 Å². The molecule has 80 valence electrons. The molecule has 1 aliphatic rings. The van der Waals surface area contributed by atoms with Gasteiger partial charge in [-0.15, -0.1) is 0 Å². The zero-order chi connectivity index (χ0) is 10.7. The van der Waals surface area contributed by atoms with Gasteiger partial charge in [0.2, 0.25) is 0 Å². The summed E-state index contributed by atoms with van der Waals surface area (Å²) < 4.78 is 5.42. The standard InChI is InChI=1S/C11H15N3O/c1-8-7-15-11(13-8)4-3-10-5-6-12-9(2)14-10/h5-6,8H,3-4,7H2,1-2H3. The van der Waals surface area contributed by atoms with E-state index in [0.29, 0.717) is 6.04 Å². The van der Waals surface area contributed by atoms with Crippen LogP contribution in [0.25, 0.3) is 0 Å². The maximum atomic E-state index is 5.42. The first-order chi connectivity index (χ1) is 7.24. The third kappa shape index (κ3) is 2.75. The Balaban J connectivity index is 1.91. The first-order valence-electron chi connectivity index (χ1n) is 5.22. The molecule has 0 spiro atoms. The van der Waals surface area contributed by atoms with Gasteiger partial charge in [0.1, 0.15) is 12.4 Å². The molecule has 4 nitrogen and oxygen atoms in total. The van der Waals surface area contributed by atoms with Crippen molar-refractivity contribution in [2.45, 2.75) is 32.7 Å². The highest BCUT2D eigenvalue weighted by Gasteiger charge is 2.13. The molecule has 0 fully saturated rings. The molecule has 1 aliphatic heterocycles. The van der Waals surface area contributed by atoms with Crippen molar-refractivity contribution >= 4 is 5.90 Å². The van der Waals surface area contributed by atoms with Gasteiger partial charge in [-0.3, -0.25) is 0 Å². The Morgan fingerprint density at radius 2 is 2.33 bits per heavy atom. The Morgan fingerprint density at radius 3 is 3.00 bits per heavy atom. The van der Waals surface area contributed by atoms with Crippen LogP contribution in [-0.4, -0.2) is 28.5 Å².